The van der Waals surface area contributed by atoms with Crippen LogP contribution in [0.2, 0.25) is 0 Å². The number of benzene rings is 2. The minimum atomic E-state index is -0.0767. The molecule has 0 fully saturated rings. The van der Waals surface area contributed by atoms with Crippen LogP contribution in [0.15, 0.2) is 88.0 Å². The van der Waals surface area contributed by atoms with E-state index in [0.29, 0.717) is 40.5 Å². The number of furan rings is 1. The van der Waals surface area contributed by atoms with Gasteiger partial charge in [0.25, 0.3) is 5.89 Å². The number of hydrogen-bond acceptors (Lipinski definition) is 8. The van der Waals surface area contributed by atoms with Crippen LogP contribution in [-0.2, 0) is 13.2 Å². The van der Waals surface area contributed by atoms with E-state index in [1.807, 2.05) is 61.7 Å². The topological polar surface area (TPSA) is 105 Å². The summed E-state index contributed by atoms with van der Waals surface area (Å²) in [6.45, 7) is 2.22. The molecule has 5 aromatic rings. The number of para-hydroxylation sites is 1. The molecule has 0 amide bonds. The summed E-state index contributed by atoms with van der Waals surface area (Å²) >= 11 is 0. The van der Waals surface area contributed by atoms with E-state index in [0.717, 1.165) is 16.8 Å². The Kier molecular flexibility index (Phi) is 7.56. The Balaban J connectivity index is 1.28. The Morgan fingerprint density at radius 1 is 1.00 bits per heavy atom. The summed E-state index contributed by atoms with van der Waals surface area (Å²) in [4.78, 5) is 4.48. The number of aliphatic hydroxyl groups is 1. The molecule has 9 heteroatoms. The summed E-state index contributed by atoms with van der Waals surface area (Å²) in [6.07, 6.45) is 6.85. The predicted octanol–water partition coefficient (Wildman–Crippen LogP) is 5.60. The fourth-order valence-electron chi connectivity index (χ4n) is 3.78. The van der Waals surface area contributed by atoms with Gasteiger partial charge in [-0.2, -0.15) is 0 Å². The lowest BCUT2D eigenvalue weighted by Crippen LogP contribution is -2.02. The molecule has 0 radical (unpaired) electrons. The summed E-state index contributed by atoms with van der Waals surface area (Å²) in [5.41, 5.74) is 3.20. The first-order chi connectivity index (χ1) is 18.6. The lowest BCUT2D eigenvalue weighted by Gasteiger charge is -2.12. The Labute approximate surface area is 219 Å². The molecule has 0 saturated carbocycles. The first-order valence-corrected chi connectivity index (χ1v) is 12.0. The average Bonchev–Trinajstić information content (AvgIpc) is 3.70. The molecule has 3 heterocycles. The van der Waals surface area contributed by atoms with Gasteiger partial charge in [0, 0.05) is 6.20 Å². The van der Waals surface area contributed by atoms with Crippen molar-refractivity contribution in [3.8, 4) is 34.7 Å². The molecule has 38 heavy (non-hydrogen) atoms. The summed E-state index contributed by atoms with van der Waals surface area (Å²) in [6, 6.07) is 18.9. The van der Waals surface area contributed by atoms with E-state index in [1.165, 1.54) is 0 Å². The van der Waals surface area contributed by atoms with Crippen LogP contribution in [0.1, 0.15) is 22.6 Å². The van der Waals surface area contributed by atoms with E-state index >= 15 is 0 Å². The number of rotatable bonds is 11. The molecule has 9 nitrogen and oxygen atoms in total. The highest BCUT2D eigenvalue weighted by atomic mass is 16.5. The SMILES string of the molecule is COc1cc(COc2nn(-c3ccccc3)cc2/C=C/CO)ccc1OCc1nc(-c2ccco2)oc1C. The van der Waals surface area contributed by atoms with Gasteiger partial charge in [-0.3, -0.25) is 0 Å². The summed E-state index contributed by atoms with van der Waals surface area (Å²) in [5.74, 6) is 3.21. The fourth-order valence-corrected chi connectivity index (χ4v) is 3.78. The van der Waals surface area contributed by atoms with Crippen molar-refractivity contribution in [2.24, 2.45) is 0 Å². The van der Waals surface area contributed by atoms with Gasteiger partial charge in [-0.05, 0) is 55.0 Å². The van der Waals surface area contributed by atoms with Crippen LogP contribution in [0, 0.1) is 6.92 Å². The molecule has 3 aromatic heterocycles. The van der Waals surface area contributed by atoms with Crippen LogP contribution in [-0.4, -0.2) is 33.6 Å². The molecule has 0 bridgehead atoms. The molecule has 0 atom stereocenters. The Hall–Kier alpha value is -4.76. The monoisotopic (exact) mass is 513 g/mol. The highest BCUT2D eigenvalue weighted by molar-refractivity contribution is 5.55. The van der Waals surface area contributed by atoms with E-state index in [1.54, 1.807) is 42.3 Å². The molecule has 5 rings (SSSR count). The number of oxazole rings is 1. The van der Waals surface area contributed by atoms with E-state index < -0.39 is 0 Å². The van der Waals surface area contributed by atoms with Crippen LogP contribution >= 0.6 is 0 Å². The van der Waals surface area contributed by atoms with Gasteiger partial charge < -0.3 is 28.2 Å². The van der Waals surface area contributed by atoms with Gasteiger partial charge in [-0.25, -0.2) is 9.67 Å². The summed E-state index contributed by atoms with van der Waals surface area (Å²) < 4.78 is 30.4. The fraction of sp³-hybridized carbons (Fsp3) is 0.172. The molecular weight excluding hydrogens is 486 g/mol. The maximum atomic E-state index is 9.22. The number of methoxy groups -OCH3 is 1. The smallest absolute Gasteiger partial charge is 0.263 e. The molecule has 2 aromatic carbocycles. The van der Waals surface area contributed by atoms with Crippen molar-refractivity contribution in [2.45, 2.75) is 20.1 Å². The molecule has 0 unspecified atom stereocenters. The molecule has 0 saturated heterocycles. The van der Waals surface area contributed by atoms with Gasteiger partial charge in [-0.1, -0.05) is 30.3 Å². The largest absolute Gasteiger partial charge is 0.493 e. The van der Waals surface area contributed by atoms with E-state index in [4.69, 9.17) is 23.0 Å². The van der Waals surface area contributed by atoms with Crippen molar-refractivity contribution in [1.29, 1.82) is 0 Å². The maximum absolute atomic E-state index is 9.22. The standard InChI is InChI=1S/C29H27N3O6/c1-20-24(30-29(38-20)26-11-7-15-35-26)19-36-25-13-12-21(16-27(25)34-2)18-37-28-22(8-6-14-33)17-32(31-28)23-9-4-3-5-10-23/h3-13,15-17,33H,14,18-19H2,1-2H3/b8-6+. The first kappa shape index (κ1) is 24.9. The second-order valence-electron chi connectivity index (χ2n) is 8.32. The minimum absolute atomic E-state index is 0.0767. The van der Waals surface area contributed by atoms with Crippen molar-refractivity contribution in [1.82, 2.24) is 14.8 Å². The molecule has 0 aliphatic heterocycles. The number of aliphatic hydroxyl groups excluding tert-OH is 1. The first-order valence-electron chi connectivity index (χ1n) is 12.0. The van der Waals surface area contributed by atoms with Crippen LogP contribution in [0.4, 0.5) is 0 Å². The molecular formula is C29H27N3O6. The van der Waals surface area contributed by atoms with Gasteiger partial charge >= 0.3 is 0 Å². The lowest BCUT2D eigenvalue weighted by molar-refractivity contribution is 0.275. The molecule has 1 N–H and O–H groups in total. The third kappa shape index (κ3) is 5.63. The highest BCUT2D eigenvalue weighted by Crippen LogP contribution is 2.31. The molecule has 194 valence electrons. The van der Waals surface area contributed by atoms with Crippen LogP contribution in [0.5, 0.6) is 17.4 Å². The van der Waals surface area contributed by atoms with E-state index in [2.05, 4.69) is 10.1 Å². The Morgan fingerprint density at radius 2 is 1.87 bits per heavy atom. The zero-order valence-electron chi connectivity index (χ0n) is 21.0. The minimum Gasteiger partial charge on any atom is -0.493 e. The summed E-state index contributed by atoms with van der Waals surface area (Å²) in [7, 11) is 1.59. The lowest BCUT2D eigenvalue weighted by atomic mass is 10.2. The second kappa shape index (κ2) is 11.5. The average molecular weight is 514 g/mol. The van der Waals surface area contributed by atoms with Crippen LogP contribution in [0.3, 0.4) is 0 Å². The van der Waals surface area contributed by atoms with Crippen molar-refractivity contribution in [2.75, 3.05) is 13.7 Å². The van der Waals surface area contributed by atoms with Gasteiger partial charge in [0.05, 0.1) is 31.2 Å². The van der Waals surface area contributed by atoms with Crippen molar-refractivity contribution >= 4 is 6.08 Å². The third-order valence-electron chi connectivity index (χ3n) is 5.72. The Bertz CT molecular complexity index is 1500. The van der Waals surface area contributed by atoms with Gasteiger partial charge in [0.2, 0.25) is 5.88 Å². The van der Waals surface area contributed by atoms with E-state index in [9.17, 15) is 5.11 Å². The van der Waals surface area contributed by atoms with Gasteiger partial charge in [-0.15, -0.1) is 5.10 Å². The van der Waals surface area contributed by atoms with Crippen molar-refractivity contribution < 1.29 is 28.2 Å². The van der Waals surface area contributed by atoms with Crippen LogP contribution in [0.25, 0.3) is 23.4 Å². The number of ether oxygens (including phenoxy) is 3. The normalized spacial score (nSPS) is 11.2. The van der Waals surface area contributed by atoms with Gasteiger partial charge in [0.15, 0.2) is 17.3 Å². The zero-order chi connectivity index (χ0) is 26.3. The summed E-state index contributed by atoms with van der Waals surface area (Å²) in [5, 5.41) is 13.8. The van der Waals surface area contributed by atoms with Crippen molar-refractivity contribution in [3.63, 3.8) is 0 Å². The number of aryl methyl sites for hydroxylation is 1. The molecule has 0 spiro atoms. The number of aromatic nitrogens is 3. The quantitative estimate of drug-likeness (QED) is 0.243. The maximum Gasteiger partial charge on any atom is 0.263 e. The second-order valence-corrected chi connectivity index (χ2v) is 8.32. The van der Waals surface area contributed by atoms with Crippen molar-refractivity contribution in [3.05, 3.63) is 102 Å². The van der Waals surface area contributed by atoms with Gasteiger partial charge in [0.1, 0.15) is 24.7 Å². The number of nitrogens with zero attached hydrogens (tertiary/aromatic N) is 3. The van der Waals surface area contributed by atoms with E-state index in [-0.39, 0.29) is 19.8 Å². The Morgan fingerprint density at radius 3 is 2.63 bits per heavy atom. The zero-order valence-corrected chi connectivity index (χ0v) is 21.0. The van der Waals surface area contributed by atoms with Crippen LogP contribution < -0.4 is 14.2 Å². The third-order valence-corrected chi connectivity index (χ3v) is 5.72. The predicted molar refractivity (Wildman–Crippen MR) is 140 cm³/mol. The highest BCUT2D eigenvalue weighted by Gasteiger charge is 2.16. The molecule has 0 aliphatic rings. The number of hydrogen-bond donors (Lipinski definition) is 1. The molecule has 0 aliphatic carbocycles.